The lowest BCUT2D eigenvalue weighted by molar-refractivity contribution is 0.0752. The highest BCUT2D eigenvalue weighted by Gasteiger charge is 2.06. The van der Waals surface area contributed by atoms with Gasteiger partial charge in [-0.3, -0.25) is 4.79 Å². The summed E-state index contributed by atoms with van der Waals surface area (Å²) < 4.78 is 7.22. The summed E-state index contributed by atoms with van der Waals surface area (Å²) in [6.45, 7) is 3.08. The molecule has 0 unspecified atom stereocenters. The second-order valence-corrected chi connectivity index (χ2v) is 4.10. The molecule has 16 heavy (non-hydrogen) atoms. The van der Waals surface area contributed by atoms with Gasteiger partial charge in [0.25, 0.3) is 0 Å². The normalized spacial score (nSPS) is 10.6. The number of nitrogens with zero attached hydrogens (tertiary/aromatic N) is 1. The largest absolute Gasteiger partial charge is 0.373 e. The summed E-state index contributed by atoms with van der Waals surface area (Å²) in [6, 6.07) is 1.82. The van der Waals surface area contributed by atoms with Gasteiger partial charge >= 0.3 is 0 Å². The number of ketones is 1. The van der Waals surface area contributed by atoms with Gasteiger partial charge in [-0.15, -0.1) is 0 Å². The molecule has 1 heterocycles. The Kier molecular flexibility index (Phi) is 5.86. The first-order valence-corrected chi connectivity index (χ1v) is 5.97. The third-order valence-corrected chi connectivity index (χ3v) is 2.53. The van der Waals surface area contributed by atoms with Crippen molar-refractivity contribution in [1.29, 1.82) is 0 Å². The van der Waals surface area contributed by atoms with Gasteiger partial charge in [-0.05, 0) is 12.5 Å². The van der Waals surface area contributed by atoms with Crippen LogP contribution in [0, 0.1) is 0 Å². The SMILES string of the molecule is CCCCCCOCC(=O)c1ccn(C)c1. The second kappa shape index (κ2) is 7.23. The van der Waals surface area contributed by atoms with Crippen molar-refractivity contribution in [2.24, 2.45) is 7.05 Å². The third-order valence-electron chi connectivity index (χ3n) is 2.53. The fourth-order valence-corrected chi connectivity index (χ4v) is 1.55. The van der Waals surface area contributed by atoms with Crippen molar-refractivity contribution in [3.05, 3.63) is 24.0 Å². The summed E-state index contributed by atoms with van der Waals surface area (Å²) in [7, 11) is 1.91. The van der Waals surface area contributed by atoms with E-state index >= 15 is 0 Å². The predicted molar refractivity (Wildman–Crippen MR) is 64.7 cm³/mol. The van der Waals surface area contributed by atoms with Crippen molar-refractivity contribution < 1.29 is 9.53 Å². The number of rotatable bonds is 8. The minimum atomic E-state index is 0.0658. The van der Waals surface area contributed by atoms with E-state index in [9.17, 15) is 4.79 Å². The van der Waals surface area contributed by atoms with Crippen LogP contribution in [-0.4, -0.2) is 23.6 Å². The van der Waals surface area contributed by atoms with Crippen molar-refractivity contribution in [2.75, 3.05) is 13.2 Å². The van der Waals surface area contributed by atoms with E-state index in [-0.39, 0.29) is 12.4 Å². The molecule has 0 aliphatic carbocycles. The highest BCUT2D eigenvalue weighted by atomic mass is 16.5. The average Bonchev–Trinajstić information content (AvgIpc) is 2.70. The average molecular weight is 223 g/mol. The van der Waals surface area contributed by atoms with Gasteiger partial charge in [-0.25, -0.2) is 0 Å². The molecule has 0 atom stereocenters. The van der Waals surface area contributed by atoms with Gasteiger partial charge in [0.1, 0.15) is 6.61 Å². The van der Waals surface area contributed by atoms with Gasteiger partial charge in [-0.1, -0.05) is 26.2 Å². The second-order valence-electron chi connectivity index (χ2n) is 4.10. The zero-order chi connectivity index (χ0) is 11.8. The number of carbonyl (C=O) groups excluding carboxylic acids is 1. The molecule has 0 aliphatic rings. The fourth-order valence-electron chi connectivity index (χ4n) is 1.55. The maximum Gasteiger partial charge on any atom is 0.189 e. The standard InChI is InChI=1S/C13H21NO2/c1-3-4-5-6-9-16-11-13(15)12-7-8-14(2)10-12/h7-8,10H,3-6,9,11H2,1-2H3. The maximum absolute atomic E-state index is 11.6. The van der Waals surface area contributed by atoms with E-state index in [0.717, 1.165) is 12.0 Å². The molecule has 1 aromatic heterocycles. The Morgan fingerprint density at radius 1 is 1.38 bits per heavy atom. The maximum atomic E-state index is 11.6. The van der Waals surface area contributed by atoms with Gasteiger partial charge in [0, 0.05) is 31.6 Å². The molecule has 0 fully saturated rings. The molecule has 3 nitrogen and oxygen atoms in total. The first-order valence-electron chi connectivity index (χ1n) is 5.97. The van der Waals surface area contributed by atoms with Crippen LogP contribution < -0.4 is 0 Å². The smallest absolute Gasteiger partial charge is 0.189 e. The monoisotopic (exact) mass is 223 g/mol. The Hall–Kier alpha value is -1.09. The Bertz CT molecular complexity index is 317. The van der Waals surface area contributed by atoms with Gasteiger partial charge in [-0.2, -0.15) is 0 Å². The van der Waals surface area contributed by atoms with E-state index in [1.807, 2.05) is 30.1 Å². The highest BCUT2D eigenvalue weighted by Crippen LogP contribution is 2.03. The number of carbonyl (C=O) groups is 1. The zero-order valence-corrected chi connectivity index (χ0v) is 10.2. The molecule has 0 radical (unpaired) electrons. The topological polar surface area (TPSA) is 31.2 Å². The Morgan fingerprint density at radius 2 is 2.19 bits per heavy atom. The van der Waals surface area contributed by atoms with Gasteiger partial charge in [0.15, 0.2) is 5.78 Å². The van der Waals surface area contributed by atoms with Crippen molar-refractivity contribution in [2.45, 2.75) is 32.6 Å². The molecule has 0 saturated carbocycles. The van der Waals surface area contributed by atoms with E-state index in [2.05, 4.69) is 6.92 Å². The molecule has 0 aromatic carbocycles. The first-order chi connectivity index (χ1) is 7.74. The lowest BCUT2D eigenvalue weighted by atomic mass is 10.2. The molecule has 0 bridgehead atoms. The highest BCUT2D eigenvalue weighted by molar-refractivity contribution is 5.96. The Balaban J connectivity index is 2.11. The van der Waals surface area contributed by atoms with E-state index in [1.165, 1.54) is 19.3 Å². The molecule has 1 aromatic rings. The summed E-state index contributed by atoms with van der Waals surface area (Å²) in [4.78, 5) is 11.6. The molecule has 1 rings (SSSR count). The van der Waals surface area contributed by atoms with Crippen LogP contribution in [0.15, 0.2) is 18.5 Å². The number of ether oxygens (including phenoxy) is 1. The number of hydrogen-bond donors (Lipinski definition) is 0. The third kappa shape index (κ3) is 4.62. The summed E-state index contributed by atoms with van der Waals surface area (Å²) in [5.74, 6) is 0.0658. The van der Waals surface area contributed by atoms with Crippen molar-refractivity contribution in [3.8, 4) is 0 Å². The zero-order valence-electron chi connectivity index (χ0n) is 10.2. The minimum Gasteiger partial charge on any atom is -0.373 e. The molecular weight excluding hydrogens is 202 g/mol. The van der Waals surface area contributed by atoms with E-state index in [4.69, 9.17) is 4.74 Å². The summed E-state index contributed by atoms with van der Waals surface area (Å²) in [6.07, 6.45) is 8.40. The molecule has 3 heteroatoms. The van der Waals surface area contributed by atoms with E-state index < -0.39 is 0 Å². The molecule has 90 valence electrons. The molecule has 0 amide bonds. The van der Waals surface area contributed by atoms with Crippen LogP contribution in [-0.2, 0) is 11.8 Å². The molecule has 0 spiro atoms. The first kappa shape index (κ1) is 13.0. The van der Waals surface area contributed by atoms with Gasteiger partial charge in [0.05, 0.1) is 0 Å². The lowest BCUT2D eigenvalue weighted by Gasteiger charge is -2.02. The van der Waals surface area contributed by atoms with E-state index in [1.54, 1.807) is 0 Å². The van der Waals surface area contributed by atoms with Crippen LogP contribution in [0.25, 0.3) is 0 Å². The molecule has 0 saturated heterocycles. The number of aryl methyl sites for hydroxylation is 1. The number of hydrogen-bond acceptors (Lipinski definition) is 2. The quantitative estimate of drug-likeness (QED) is 0.501. The van der Waals surface area contributed by atoms with Gasteiger partial charge in [0.2, 0.25) is 0 Å². The minimum absolute atomic E-state index is 0.0658. The van der Waals surface area contributed by atoms with Crippen molar-refractivity contribution in [1.82, 2.24) is 4.57 Å². The molecule has 0 aliphatic heterocycles. The number of Topliss-reactive ketones (excluding diaryl/α,β-unsaturated/α-hetero) is 1. The van der Waals surface area contributed by atoms with Crippen molar-refractivity contribution in [3.63, 3.8) is 0 Å². The van der Waals surface area contributed by atoms with Crippen LogP contribution in [0.2, 0.25) is 0 Å². The molecule has 0 N–H and O–H groups in total. The number of aromatic nitrogens is 1. The Labute approximate surface area is 97.4 Å². The number of unbranched alkanes of at least 4 members (excludes halogenated alkanes) is 3. The van der Waals surface area contributed by atoms with Crippen LogP contribution >= 0.6 is 0 Å². The summed E-state index contributed by atoms with van der Waals surface area (Å²) in [5, 5.41) is 0. The van der Waals surface area contributed by atoms with Crippen molar-refractivity contribution >= 4 is 5.78 Å². The summed E-state index contributed by atoms with van der Waals surface area (Å²) in [5.41, 5.74) is 0.732. The van der Waals surface area contributed by atoms with Crippen LogP contribution in [0.1, 0.15) is 43.0 Å². The fraction of sp³-hybridized carbons (Fsp3) is 0.615. The van der Waals surface area contributed by atoms with Crippen LogP contribution in [0.5, 0.6) is 0 Å². The van der Waals surface area contributed by atoms with E-state index in [0.29, 0.717) is 6.61 Å². The van der Waals surface area contributed by atoms with Gasteiger partial charge < -0.3 is 9.30 Å². The predicted octanol–water partition coefficient (Wildman–Crippen LogP) is 2.80. The summed E-state index contributed by atoms with van der Waals surface area (Å²) >= 11 is 0. The van der Waals surface area contributed by atoms with Crippen LogP contribution in [0.4, 0.5) is 0 Å². The Morgan fingerprint density at radius 3 is 2.81 bits per heavy atom. The lowest BCUT2D eigenvalue weighted by Crippen LogP contribution is -2.09. The van der Waals surface area contributed by atoms with Crippen LogP contribution in [0.3, 0.4) is 0 Å². The molecular formula is C13H21NO2.